The average Bonchev–Trinajstić information content (AvgIpc) is 2.80. The quantitative estimate of drug-likeness (QED) is 0.562. The summed E-state index contributed by atoms with van der Waals surface area (Å²) in [4.78, 5) is 26.3. The van der Waals surface area contributed by atoms with E-state index in [1.54, 1.807) is 43.5 Å². The van der Waals surface area contributed by atoms with Crippen LogP contribution in [0.2, 0.25) is 0 Å². The molecule has 4 rings (SSSR count). The van der Waals surface area contributed by atoms with Crippen LogP contribution in [0.25, 0.3) is 22.1 Å². The molecule has 1 aliphatic heterocycles. The second-order valence-corrected chi connectivity index (χ2v) is 7.91. The fraction of sp³-hybridized carbons (Fsp3) is 0.333. The molecule has 0 aliphatic carbocycles. The molecule has 168 valence electrons. The molecule has 32 heavy (non-hydrogen) atoms. The third-order valence-electron chi connectivity index (χ3n) is 5.91. The first-order chi connectivity index (χ1) is 15.4. The summed E-state index contributed by atoms with van der Waals surface area (Å²) in [5.74, 6) is -0.181. The van der Waals surface area contributed by atoms with E-state index in [4.69, 9.17) is 13.9 Å². The molecule has 0 saturated carbocycles. The maximum Gasteiger partial charge on any atom is 0.344 e. The fourth-order valence-electron chi connectivity index (χ4n) is 4.22. The van der Waals surface area contributed by atoms with Gasteiger partial charge in [-0.1, -0.05) is 0 Å². The Morgan fingerprint density at radius 3 is 2.69 bits per heavy atom. The molecule has 1 saturated heterocycles. The highest BCUT2D eigenvalue weighted by Gasteiger charge is 2.27. The van der Waals surface area contributed by atoms with Crippen molar-refractivity contribution in [1.82, 2.24) is 4.90 Å². The number of methoxy groups -OCH3 is 2. The normalized spacial score (nSPS) is 16.8. The van der Waals surface area contributed by atoms with Crippen LogP contribution in [0.5, 0.6) is 17.2 Å². The Labute approximate surface area is 184 Å². The van der Waals surface area contributed by atoms with Crippen LogP contribution >= 0.6 is 0 Å². The van der Waals surface area contributed by atoms with Gasteiger partial charge >= 0.3 is 11.6 Å². The van der Waals surface area contributed by atoms with Gasteiger partial charge in [0.25, 0.3) is 0 Å². The zero-order valence-electron chi connectivity index (χ0n) is 18.0. The lowest BCUT2D eigenvalue weighted by molar-refractivity contribution is -0.143. The number of carboxylic acids is 1. The van der Waals surface area contributed by atoms with Gasteiger partial charge in [-0.05, 0) is 55.8 Å². The van der Waals surface area contributed by atoms with E-state index in [2.05, 4.69) is 0 Å². The molecule has 1 atom stereocenters. The van der Waals surface area contributed by atoms with Crippen molar-refractivity contribution >= 4 is 16.9 Å². The number of hydrogen-bond donors (Lipinski definition) is 2. The minimum absolute atomic E-state index is 0.00445. The SMILES string of the molecule is COc1ccc(OC)c(-c2cc3ccc(O)c(CN4CCC[C@@H](C(=O)O)C4)c3oc2=O)c1. The summed E-state index contributed by atoms with van der Waals surface area (Å²) in [6, 6.07) is 10.1. The van der Waals surface area contributed by atoms with Gasteiger partial charge in [0.15, 0.2) is 0 Å². The molecule has 3 aromatic rings. The summed E-state index contributed by atoms with van der Waals surface area (Å²) >= 11 is 0. The second-order valence-electron chi connectivity index (χ2n) is 7.91. The van der Waals surface area contributed by atoms with Crippen molar-refractivity contribution in [2.24, 2.45) is 5.92 Å². The first kappa shape index (κ1) is 21.7. The Morgan fingerprint density at radius 2 is 1.97 bits per heavy atom. The van der Waals surface area contributed by atoms with Crippen molar-refractivity contribution in [2.45, 2.75) is 19.4 Å². The number of ether oxygens (including phenoxy) is 2. The first-order valence-electron chi connectivity index (χ1n) is 10.4. The number of carbonyl (C=O) groups is 1. The van der Waals surface area contributed by atoms with Crippen LogP contribution in [0.1, 0.15) is 18.4 Å². The molecule has 1 aliphatic rings. The van der Waals surface area contributed by atoms with Crippen molar-refractivity contribution < 1.29 is 28.9 Å². The Kier molecular flexibility index (Phi) is 6.05. The number of phenols is 1. The summed E-state index contributed by atoms with van der Waals surface area (Å²) in [6.07, 6.45) is 1.39. The molecule has 8 heteroatoms. The van der Waals surface area contributed by atoms with Gasteiger partial charge in [-0.25, -0.2) is 4.79 Å². The van der Waals surface area contributed by atoms with Crippen LogP contribution in [0.4, 0.5) is 0 Å². The van der Waals surface area contributed by atoms with Crippen LogP contribution in [0.3, 0.4) is 0 Å². The molecule has 8 nitrogen and oxygen atoms in total. The number of nitrogens with zero attached hydrogens (tertiary/aromatic N) is 1. The number of hydrogen-bond acceptors (Lipinski definition) is 7. The first-order valence-corrected chi connectivity index (χ1v) is 10.4. The van der Waals surface area contributed by atoms with Crippen molar-refractivity contribution in [3.05, 3.63) is 52.4 Å². The number of benzene rings is 2. The molecule has 1 fully saturated rings. The van der Waals surface area contributed by atoms with E-state index >= 15 is 0 Å². The minimum atomic E-state index is -0.819. The monoisotopic (exact) mass is 439 g/mol. The third-order valence-corrected chi connectivity index (χ3v) is 5.91. The van der Waals surface area contributed by atoms with E-state index in [0.717, 1.165) is 6.42 Å². The van der Waals surface area contributed by atoms with Crippen LogP contribution in [-0.2, 0) is 11.3 Å². The van der Waals surface area contributed by atoms with E-state index < -0.39 is 17.5 Å². The molecule has 2 heterocycles. The van der Waals surface area contributed by atoms with Gasteiger partial charge in [-0.2, -0.15) is 0 Å². The Hall–Kier alpha value is -3.52. The van der Waals surface area contributed by atoms with Gasteiger partial charge in [-0.15, -0.1) is 0 Å². The second kappa shape index (κ2) is 8.92. The summed E-state index contributed by atoms with van der Waals surface area (Å²) in [7, 11) is 3.06. The summed E-state index contributed by atoms with van der Waals surface area (Å²) in [5.41, 5.74) is 1.04. The molecule has 0 bridgehead atoms. The van der Waals surface area contributed by atoms with Gasteiger partial charge in [0, 0.05) is 24.0 Å². The molecule has 1 aromatic heterocycles. The minimum Gasteiger partial charge on any atom is -0.507 e. The summed E-state index contributed by atoms with van der Waals surface area (Å²) in [6.45, 7) is 1.38. The molecule has 0 unspecified atom stereocenters. The Balaban J connectivity index is 1.77. The molecule has 0 amide bonds. The highest BCUT2D eigenvalue weighted by molar-refractivity contribution is 5.87. The lowest BCUT2D eigenvalue weighted by Gasteiger charge is -2.30. The third kappa shape index (κ3) is 4.13. The van der Waals surface area contributed by atoms with Crippen LogP contribution in [0.15, 0.2) is 45.6 Å². The lowest BCUT2D eigenvalue weighted by atomic mass is 9.97. The Bertz CT molecular complexity index is 1220. The van der Waals surface area contributed by atoms with E-state index in [0.29, 0.717) is 53.1 Å². The maximum absolute atomic E-state index is 13.0. The smallest absolute Gasteiger partial charge is 0.344 e. The number of aromatic hydroxyl groups is 1. The van der Waals surface area contributed by atoms with Gasteiger partial charge in [0.2, 0.25) is 0 Å². The number of likely N-dealkylation sites (tertiary alicyclic amines) is 1. The zero-order chi connectivity index (χ0) is 22.8. The molecule has 0 spiro atoms. The van der Waals surface area contributed by atoms with Gasteiger partial charge in [0.05, 0.1) is 31.3 Å². The highest BCUT2D eigenvalue weighted by atomic mass is 16.5. The number of rotatable bonds is 6. The van der Waals surface area contributed by atoms with Gasteiger partial charge in [-0.3, -0.25) is 9.69 Å². The topological polar surface area (TPSA) is 109 Å². The largest absolute Gasteiger partial charge is 0.507 e. The van der Waals surface area contributed by atoms with E-state index in [9.17, 15) is 19.8 Å². The zero-order valence-corrected chi connectivity index (χ0v) is 18.0. The number of phenolic OH excluding ortho intramolecular Hbond substituents is 1. The predicted octanol–water partition coefficient (Wildman–Crippen LogP) is 3.48. The van der Waals surface area contributed by atoms with Crippen LogP contribution in [0, 0.1) is 5.92 Å². The number of fused-ring (bicyclic) bond motifs is 1. The van der Waals surface area contributed by atoms with Crippen molar-refractivity contribution in [1.29, 1.82) is 0 Å². The highest BCUT2D eigenvalue weighted by Crippen LogP contribution is 2.35. The molecule has 2 aromatic carbocycles. The van der Waals surface area contributed by atoms with Crippen molar-refractivity contribution in [2.75, 3.05) is 27.3 Å². The van der Waals surface area contributed by atoms with E-state index in [1.807, 2.05) is 4.90 Å². The average molecular weight is 439 g/mol. The van der Waals surface area contributed by atoms with Crippen LogP contribution in [-0.4, -0.2) is 48.4 Å². The van der Waals surface area contributed by atoms with Crippen LogP contribution < -0.4 is 15.1 Å². The number of aliphatic carboxylic acids is 1. The van der Waals surface area contributed by atoms with Crippen molar-refractivity contribution in [3.8, 4) is 28.4 Å². The lowest BCUT2D eigenvalue weighted by Crippen LogP contribution is -2.38. The van der Waals surface area contributed by atoms with Crippen molar-refractivity contribution in [3.63, 3.8) is 0 Å². The summed E-state index contributed by atoms with van der Waals surface area (Å²) < 4.78 is 16.4. The van der Waals surface area contributed by atoms with E-state index in [1.165, 1.54) is 7.11 Å². The predicted molar refractivity (Wildman–Crippen MR) is 118 cm³/mol. The fourth-order valence-corrected chi connectivity index (χ4v) is 4.22. The molecular formula is C24H25NO7. The molecule has 0 radical (unpaired) electrons. The molecule has 2 N–H and O–H groups in total. The molecular weight excluding hydrogens is 414 g/mol. The standard InChI is InChI=1S/C24H25NO7/c1-30-16-6-8-21(31-2)17(11-16)18-10-14-5-7-20(26)19(22(14)32-24(18)29)13-25-9-3-4-15(12-25)23(27)28/h5-8,10-11,15,26H,3-4,9,12-13H2,1-2H3,(H,27,28)/t15-/m1/s1. The maximum atomic E-state index is 13.0. The van der Waals surface area contributed by atoms with Gasteiger partial charge in [0.1, 0.15) is 22.8 Å². The number of piperidine rings is 1. The summed E-state index contributed by atoms with van der Waals surface area (Å²) in [5, 5.41) is 20.5. The van der Waals surface area contributed by atoms with E-state index in [-0.39, 0.29) is 17.9 Å². The Morgan fingerprint density at radius 1 is 1.16 bits per heavy atom. The van der Waals surface area contributed by atoms with Gasteiger partial charge < -0.3 is 24.1 Å². The number of carboxylic acid groups (broad SMARTS) is 1.